The number of pyridine rings is 1. The van der Waals surface area contributed by atoms with Crippen molar-refractivity contribution in [1.82, 2.24) is 10.3 Å². The molecule has 0 saturated carbocycles. The first kappa shape index (κ1) is 15.0. The number of aromatic nitrogens is 1. The summed E-state index contributed by atoms with van der Waals surface area (Å²) in [6.45, 7) is 3.95. The summed E-state index contributed by atoms with van der Waals surface area (Å²) in [6.07, 6.45) is 3.03. The summed E-state index contributed by atoms with van der Waals surface area (Å²) in [7, 11) is 1.63. The van der Waals surface area contributed by atoms with Gasteiger partial charge in [-0.25, -0.2) is 0 Å². The Balaban J connectivity index is 2.08. The molecule has 0 aromatic carbocycles. The van der Waals surface area contributed by atoms with Crippen LogP contribution in [0.2, 0.25) is 0 Å². The van der Waals surface area contributed by atoms with Gasteiger partial charge in [-0.05, 0) is 18.6 Å². The van der Waals surface area contributed by atoms with E-state index in [4.69, 9.17) is 9.47 Å². The van der Waals surface area contributed by atoms with Gasteiger partial charge in [-0.2, -0.15) is 0 Å². The van der Waals surface area contributed by atoms with Crippen molar-refractivity contribution in [2.75, 3.05) is 26.9 Å². The zero-order chi connectivity index (χ0) is 13.2. The highest BCUT2D eigenvalue weighted by molar-refractivity contribution is 5.07. The lowest BCUT2D eigenvalue weighted by Crippen LogP contribution is -2.32. The molecule has 0 aliphatic rings. The number of ether oxygens (including phenoxy) is 2. The van der Waals surface area contributed by atoms with E-state index >= 15 is 0 Å². The van der Waals surface area contributed by atoms with E-state index in [1.165, 1.54) is 0 Å². The van der Waals surface area contributed by atoms with Crippen LogP contribution in [-0.4, -0.2) is 49.2 Å². The van der Waals surface area contributed by atoms with Crippen molar-refractivity contribution >= 4 is 0 Å². The minimum absolute atomic E-state index is 0.00275. The molecule has 0 radical (unpaired) electrons. The summed E-state index contributed by atoms with van der Waals surface area (Å²) >= 11 is 0. The highest BCUT2D eigenvalue weighted by Gasteiger charge is 2.07. The molecule has 2 unspecified atom stereocenters. The second-order valence-corrected chi connectivity index (χ2v) is 4.25. The summed E-state index contributed by atoms with van der Waals surface area (Å²) in [5, 5.41) is 12.9. The summed E-state index contributed by atoms with van der Waals surface area (Å²) in [5.41, 5.74) is 1.10. The Bertz CT molecular complexity index is 308. The summed E-state index contributed by atoms with van der Waals surface area (Å²) in [6, 6.07) is 3.88. The molecular formula is C13H22N2O3. The van der Waals surface area contributed by atoms with Crippen molar-refractivity contribution in [1.29, 1.82) is 0 Å². The number of aliphatic hydroxyl groups excluding tert-OH is 1. The number of rotatable bonds is 9. The molecule has 0 amide bonds. The second kappa shape index (κ2) is 8.99. The highest BCUT2D eigenvalue weighted by atomic mass is 16.5. The molecule has 5 heteroatoms. The van der Waals surface area contributed by atoms with Crippen molar-refractivity contribution in [3.63, 3.8) is 0 Å². The average molecular weight is 254 g/mol. The second-order valence-electron chi connectivity index (χ2n) is 4.25. The van der Waals surface area contributed by atoms with Crippen LogP contribution in [0.1, 0.15) is 12.5 Å². The van der Waals surface area contributed by atoms with Crippen LogP contribution >= 0.6 is 0 Å². The Morgan fingerprint density at radius 2 is 2.28 bits per heavy atom. The minimum atomic E-state index is -0.513. The summed E-state index contributed by atoms with van der Waals surface area (Å²) in [4.78, 5) is 4.02. The van der Waals surface area contributed by atoms with Crippen LogP contribution in [0.15, 0.2) is 24.5 Å². The molecule has 5 nitrogen and oxygen atoms in total. The smallest absolute Gasteiger partial charge is 0.0897 e. The van der Waals surface area contributed by atoms with Gasteiger partial charge in [0, 0.05) is 32.6 Å². The van der Waals surface area contributed by atoms with Crippen LogP contribution in [0.4, 0.5) is 0 Å². The fraction of sp³-hybridized carbons (Fsp3) is 0.615. The molecule has 1 aromatic heterocycles. The fourth-order valence-electron chi connectivity index (χ4n) is 1.50. The molecule has 1 aromatic rings. The van der Waals surface area contributed by atoms with E-state index in [-0.39, 0.29) is 6.10 Å². The number of nitrogens with zero attached hydrogens (tertiary/aromatic N) is 1. The van der Waals surface area contributed by atoms with Gasteiger partial charge in [0.1, 0.15) is 0 Å². The Morgan fingerprint density at radius 3 is 2.94 bits per heavy atom. The van der Waals surface area contributed by atoms with Gasteiger partial charge in [0.25, 0.3) is 0 Å². The summed E-state index contributed by atoms with van der Waals surface area (Å²) < 4.78 is 10.4. The van der Waals surface area contributed by atoms with Gasteiger partial charge in [0.15, 0.2) is 0 Å². The molecule has 18 heavy (non-hydrogen) atoms. The van der Waals surface area contributed by atoms with Crippen molar-refractivity contribution in [3.8, 4) is 0 Å². The molecule has 0 bridgehead atoms. The van der Waals surface area contributed by atoms with Crippen molar-refractivity contribution in [2.24, 2.45) is 0 Å². The Hall–Kier alpha value is -1.01. The molecule has 0 aliphatic carbocycles. The van der Waals surface area contributed by atoms with E-state index in [0.29, 0.717) is 26.3 Å². The third-order valence-electron chi connectivity index (χ3n) is 2.41. The average Bonchev–Trinajstić information content (AvgIpc) is 2.38. The van der Waals surface area contributed by atoms with Gasteiger partial charge in [0.05, 0.1) is 25.4 Å². The monoisotopic (exact) mass is 254 g/mol. The van der Waals surface area contributed by atoms with Crippen LogP contribution in [0.5, 0.6) is 0 Å². The third kappa shape index (κ3) is 6.66. The van der Waals surface area contributed by atoms with Gasteiger partial charge >= 0.3 is 0 Å². The normalized spacial score (nSPS) is 14.4. The maximum Gasteiger partial charge on any atom is 0.0897 e. The predicted octanol–water partition coefficient (Wildman–Crippen LogP) is 0.584. The van der Waals surface area contributed by atoms with Crippen LogP contribution < -0.4 is 5.32 Å². The fourth-order valence-corrected chi connectivity index (χ4v) is 1.50. The molecular weight excluding hydrogens is 232 g/mol. The minimum Gasteiger partial charge on any atom is -0.389 e. The SMILES string of the molecule is COCC(C)OCC(O)CNCc1cccnc1. The van der Waals surface area contributed by atoms with E-state index in [1.54, 1.807) is 19.5 Å². The first-order valence-electron chi connectivity index (χ1n) is 6.10. The molecule has 2 N–H and O–H groups in total. The number of hydrogen-bond donors (Lipinski definition) is 2. The van der Waals surface area contributed by atoms with Gasteiger partial charge in [-0.3, -0.25) is 4.98 Å². The van der Waals surface area contributed by atoms with Gasteiger partial charge in [0.2, 0.25) is 0 Å². The molecule has 1 rings (SSSR count). The standard InChI is InChI=1S/C13H22N2O3/c1-11(9-17-2)18-10-13(16)8-15-7-12-4-3-5-14-6-12/h3-6,11,13,15-16H,7-10H2,1-2H3. The van der Waals surface area contributed by atoms with Crippen LogP contribution in [0, 0.1) is 0 Å². The largest absolute Gasteiger partial charge is 0.389 e. The number of methoxy groups -OCH3 is 1. The van der Waals surface area contributed by atoms with Crippen molar-refractivity contribution < 1.29 is 14.6 Å². The van der Waals surface area contributed by atoms with Crippen LogP contribution in [0.3, 0.4) is 0 Å². The lowest BCUT2D eigenvalue weighted by atomic mass is 10.3. The third-order valence-corrected chi connectivity index (χ3v) is 2.41. The molecule has 102 valence electrons. The number of aliphatic hydroxyl groups is 1. The van der Waals surface area contributed by atoms with Gasteiger partial charge in [-0.15, -0.1) is 0 Å². The van der Waals surface area contributed by atoms with E-state index in [0.717, 1.165) is 5.56 Å². The van der Waals surface area contributed by atoms with Gasteiger partial charge < -0.3 is 19.9 Å². The Morgan fingerprint density at radius 1 is 1.44 bits per heavy atom. The highest BCUT2D eigenvalue weighted by Crippen LogP contribution is 1.96. The van der Waals surface area contributed by atoms with E-state index in [9.17, 15) is 5.11 Å². The predicted molar refractivity (Wildman–Crippen MR) is 69.2 cm³/mol. The number of nitrogens with one attached hydrogen (secondary N) is 1. The molecule has 0 aliphatic heterocycles. The quantitative estimate of drug-likeness (QED) is 0.675. The Kier molecular flexibility index (Phi) is 7.52. The lowest BCUT2D eigenvalue weighted by molar-refractivity contribution is -0.0311. The van der Waals surface area contributed by atoms with E-state index < -0.39 is 6.10 Å². The maximum absolute atomic E-state index is 9.70. The molecule has 2 atom stereocenters. The summed E-state index contributed by atoms with van der Waals surface area (Å²) in [5.74, 6) is 0. The zero-order valence-electron chi connectivity index (χ0n) is 11.0. The van der Waals surface area contributed by atoms with Crippen molar-refractivity contribution in [2.45, 2.75) is 25.7 Å². The van der Waals surface area contributed by atoms with Crippen LogP contribution in [-0.2, 0) is 16.0 Å². The first-order valence-corrected chi connectivity index (χ1v) is 6.10. The van der Waals surface area contributed by atoms with E-state index in [2.05, 4.69) is 10.3 Å². The maximum atomic E-state index is 9.70. The van der Waals surface area contributed by atoms with E-state index in [1.807, 2.05) is 19.1 Å². The van der Waals surface area contributed by atoms with Crippen molar-refractivity contribution in [3.05, 3.63) is 30.1 Å². The molecule has 1 heterocycles. The molecule has 0 fully saturated rings. The number of hydrogen-bond acceptors (Lipinski definition) is 5. The lowest BCUT2D eigenvalue weighted by Gasteiger charge is -2.16. The first-order chi connectivity index (χ1) is 8.72. The molecule has 0 saturated heterocycles. The topological polar surface area (TPSA) is 63.6 Å². The van der Waals surface area contributed by atoms with Crippen LogP contribution in [0.25, 0.3) is 0 Å². The Labute approximate surface area is 108 Å². The van der Waals surface area contributed by atoms with Gasteiger partial charge in [-0.1, -0.05) is 6.07 Å². The molecule has 0 spiro atoms. The zero-order valence-corrected chi connectivity index (χ0v) is 11.0.